The molecule has 0 radical (unpaired) electrons. The fourth-order valence-corrected chi connectivity index (χ4v) is 12.3. The van der Waals surface area contributed by atoms with Crippen LogP contribution in [0.1, 0.15) is 53.4 Å². The molecule has 1 aromatic heterocycles. The lowest BCUT2D eigenvalue weighted by atomic mass is 9.82. The van der Waals surface area contributed by atoms with Gasteiger partial charge in [0.15, 0.2) is 12.4 Å². The monoisotopic (exact) mass is 1200 g/mol. The number of hydrogen-bond donors (Lipinski definition) is 10. The van der Waals surface area contributed by atoms with E-state index in [1.165, 1.54) is 54.0 Å². The van der Waals surface area contributed by atoms with Crippen LogP contribution in [-0.4, -0.2) is 235 Å². The van der Waals surface area contributed by atoms with Gasteiger partial charge in [-0.05, 0) is 62.5 Å². The lowest BCUT2D eigenvalue weighted by molar-refractivity contribution is -0.326. The first kappa shape index (κ1) is 69.7. The SMILES string of the molecule is CCC(CC(CC(CC(C)C(=O)OCCSSc1ccccn1)C(=O)OCCO)C(=O)OCCSSC(=O)N(CC)CC)C(=O)OCCSSCCNC(=O)[C@H](O)[C@@H](O)C(O[C@@H]1O[C@H](CO)[C@H](O)[C@H](O)[C@H]1O)[C@H](O)CO. The molecule has 76 heavy (non-hydrogen) atoms. The van der Waals surface area contributed by atoms with Crippen LogP contribution < -0.4 is 5.32 Å². The van der Waals surface area contributed by atoms with Crippen molar-refractivity contribution in [3.63, 3.8) is 0 Å². The highest BCUT2D eigenvalue weighted by atomic mass is 33.1. The van der Waals surface area contributed by atoms with Crippen molar-refractivity contribution < 1.29 is 103 Å². The van der Waals surface area contributed by atoms with Crippen molar-refractivity contribution in [3.05, 3.63) is 24.4 Å². The van der Waals surface area contributed by atoms with Gasteiger partial charge in [-0.25, -0.2) is 4.98 Å². The molecule has 13 atom stereocenters. The van der Waals surface area contributed by atoms with Gasteiger partial charge in [-0.2, -0.15) is 0 Å². The first-order valence-electron chi connectivity index (χ1n) is 24.6. The summed E-state index contributed by atoms with van der Waals surface area (Å²) in [6, 6.07) is 5.51. The molecule has 0 aliphatic carbocycles. The van der Waals surface area contributed by atoms with E-state index in [-0.39, 0.29) is 81.2 Å². The van der Waals surface area contributed by atoms with Gasteiger partial charge in [-0.3, -0.25) is 28.8 Å². The molecule has 1 aromatic rings. The van der Waals surface area contributed by atoms with Crippen molar-refractivity contribution in [2.45, 2.75) is 114 Å². The Kier molecular flexibility index (Phi) is 36.6. The van der Waals surface area contributed by atoms with E-state index in [1.54, 1.807) is 31.0 Å². The normalized spacial score (nSPS) is 20.7. The van der Waals surface area contributed by atoms with Crippen molar-refractivity contribution in [3.8, 4) is 0 Å². The Labute approximate surface area is 466 Å². The van der Waals surface area contributed by atoms with Gasteiger partial charge in [0, 0.05) is 59.6 Å². The average molecular weight is 1200 g/mol. The van der Waals surface area contributed by atoms with E-state index < -0.39 is 128 Å². The highest BCUT2D eigenvalue weighted by Gasteiger charge is 2.47. The predicted octanol–water partition coefficient (Wildman–Crippen LogP) is 0.653. The predicted molar refractivity (Wildman–Crippen MR) is 287 cm³/mol. The molecule has 24 nitrogen and oxygen atoms in total. The Morgan fingerprint density at radius 2 is 1.30 bits per heavy atom. The maximum Gasteiger partial charge on any atom is 0.309 e. The second kappa shape index (κ2) is 39.9. The number of carbonyl (C=O) groups excluding carboxylic acids is 6. The van der Waals surface area contributed by atoms with Crippen LogP contribution in [-0.2, 0) is 52.4 Å². The molecule has 0 spiro atoms. The Morgan fingerprint density at radius 1 is 0.724 bits per heavy atom. The molecule has 2 amide bonds. The number of carbonyl (C=O) groups is 6. The molecule has 0 aromatic carbocycles. The number of pyridine rings is 1. The van der Waals surface area contributed by atoms with E-state index in [1.807, 2.05) is 26.0 Å². The maximum absolute atomic E-state index is 13.8. The summed E-state index contributed by atoms with van der Waals surface area (Å²) in [7, 11) is 7.63. The average Bonchev–Trinajstić information content (AvgIpc) is 3.42. The highest BCUT2D eigenvalue weighted by molar-refractivity contribution is 8.82. The minimum atomic E-state index is -2.24. The summed E-state index contributed by atoms with van der Waals surface area (Å²) in [5.74, 6) is -6.26. The van der Waals surface area contributed by atoms with Gasteiger partial charge in [-0.1, -0.05) is 63.1 Å². The molecule has 2 rings (SSSR count). The van der Waals surface area contributed by atoms with E-state index in [0.29, 0.717) is 18.8 Å². The Bertz CT molecular complexity index is 1840. The molecule has 1 aliphatic rings. The van der Waals surface area contributed by atoms with Crippen LogP contribution in [0.3, 0.4) is 0 Å². The first-order chi connectivity index (χ1) is 36.4. The van der Waals surface area contributed by atoms with Gasteiger partial charge in [0.25, 0.3) is 11.1 Å². The Hall–Kier alpha value is -2.37. The van der Waals surface area contributed by atoms with Crippen LogP contribution in [0.4, 0.5) is 4.79 Å². The van der Waals surface area contributed by atoms with Gasteiger partial charge in [-0.15, -0.1) is 0 Å². The van der Waals surface area contributed by atoms with Crippen LogP contribution in [0, 0.1) is 23.7 Å². The maximum atomic E-state index is 13.8. The quantitative estimate of drug-likeness (QED) is 0.0187. The van der Waals surface area contributed by atoms with Crippen molar-refractivity contribution in [2.24, 2.45) is 23.7 Å². The summed E-state index contributed by atoms with van der Waals surface area (Å²) < 4.78 is 32.5. The third-order valence-corrected chi connectivity index (χ3v) is 18.1. The number of rotatable bonds is 39. The second-order valence-corrected chi connectivity index (χ2v) is 24.3. The topological polar surface area (TPSA) is 368 Å². The second-order valence-electron chi connectivity index (χ2n) is 16.8. The number of aliphatic hydroxyl groups excluding tert-OH is 9. The molecule has 0 bridgehead atoms. The Morgan fingerprint density at radius 3 is 1.89 bits per heavy atom. The zero-order chi connectivity index (χ0) is 56.6. The summed E-state index contributed by atoms with van der Waals surface area (Å²) >= 11 is 0. The summed E-state index contributed by atoms with van der Waals surface area (Å²) in [5, 5.41) is 93.4. The number of esters is 4. The summed E-state index contributed by atoms with van der Waals surface area (Å²) in [4.78, 5) is 84.9. The fourth-order valence-electron chi connectivity index (χ4n) is 7.12. The molecule has 1 fully saturated rings. The van der Waals surface area contributed by atoms with Gasteiger partial charge >= 0.3 is 23.9 Å². The molecule has 2 heterocycles. The zero-order valence-corrected chi connectivity index (χ0v) is 47.7. The lowest BCUT2D eigenvalue weighted by Gasteiger charge is -2.42. The van der Waals surface area contributed by atoms with Gasteiger partial charge in [0.1, 0.15) is 74.2 Å². The van der Waals surface area contributed by atoms with Crippen LogP contribution in [0.2, 0.25) is 0 Å². The minimum absolute atomic E-state index is 0.0393. The van der Waals surface area contributed by atoms with Crippen LogP contribution in [0.25, 0.3) is 0 Å². The third-order valence-electron chi connectivity index (χ3n) is 11.4. The molecule has 1 saturated heterocycles. The number of hydrogen-bond acceptors (Lipinski definition) is 28. The molecule has 5 unspecified atom stereocenters. The van der Waals surface area contributed by atoms with E-state index in [2.05, 4.69) is 10.3 Å². The van der Waals surface area contributed by atoms with Crippen LogP contribution in [0.15, 0.2) is 29.4 Å². The molecule has 0 saturated carbocycles. The summed E-state index contributed by atoms with van der Waals surface area (Å²) in [6.45, 7) is 5.37. The third kappa shape index (κ3) is 25.4. The molecular formula is C46H75N3O21S6. The minimum Gasteiger partial charge on any atom is -0.465 e. The number of nitrogens with zero attached hydrogens (tertiary/aromatic N) is 2. The number of aliphatic hydroxyl groups is 9. The van der Waals surface area contributed by atoms with Gasteiger partial charge < -0.3 is 84.6 Å². The number of nitrogens with one attached hydrogen (secondary N) is 1. The molecule has 1 aliphatic heterocycles. The summed E-state index contributed by atoms with van der Waals surface area (Å²) in [5.41, 5.74) is 0. The number of amides is 2. The van der Waals surface area contributed by atoms with Crippen LogP contribution in [0.5, 0.6) is 0 Å². The molecule has 436 valence electrons. The fraction of sp³-hybridized carbons (Fsp3) is 0.761. The molecule has 30 heteroatoms. The number of aromatic nitrogens is 1. The standard InChI is InChI=1S/C46H75N3O21S6/c1-5-28(42(61)67-15-19-72-71-18-12-48-40(59)37(57)36(56)39(31(53)25-51)70-45-38(58)35(55)34(54)32(26-52)69-45)23-30(44(63)68-17-21-74-76-46(64)49(6-2)7-3)24-29(43(62)65-14-13-50)22-27(4)41(60)66-16-20-73-75-33-10-8-9-11-47-33/h8-11,27-32,34-39,45,50-58H,5-7,12-26H2,1-4H3,(H,48,59)/t27?,28?,29?,30?,31-,32-,34+,35+,36-,37-,38-,39?,45+/m1/s1. The van der Waals surface area contributed by atoms with E-state index in [0.717, 1.165) is 15.8 Å². The van der Waals surface area contributed by atoms with Crippen molar-refractivity contribution >= 4 is 99.8 Å². The van der Waals surface area contributed by atoms with E-state index >= 15 is 0 Å². The van der Waals surface area contributed by atoms with E-state index in [9.17, 15) is 74.7 Å². The van der Waals surface area contributed by atoms with Gasteiger partial charge in [0.05, 0.1) is 43.5 Å². The van der Waals surface area contributed by atoms with Gasteiger partial charge in [0.2, 0.25) is 0 Å². The van der Waals surface area contributed by atoms with Crippen molar-refractivity contribution in [1.82, 2.24) is 15.2 Å². The Balaban J connectivity index is 2.01. The smallest absolute Gasteiger partial charge is 0.309 e. The van der Waals surface area contributed by atoms with Crippen LogP contribution >= 0.6 is 64.8 Å². The van der Waals surface area contributed by atoms with Crippen molar-refractivity contribution in [2.75, 3.05) is 88.9 Å². The van der Waals surface area contributed by atoms with E-state index in [4.69, 9.17) is 28.4 Å². The highest BCUT2D eigenvalue weighted by Crippen LogP contribution is 2.32. The lowest BCUT2D eigenvalue weighted by Crippen LogP contribution is -2.62. The molecule has 10 N–H and O–H groups in total. The first-order valence-corrected chi connectivity index (χ1v) is 31.7. The molecular weight excluding hydrogens is 1120 g/mol. The number of ether oxygens (including phenoxy) is 6. The largest absolute Gasteiger partial charge is 0.465 e. The zero-order valence-electron chi connectivity index (χ0n) is 42.8. The van der Waals surface area contributed by atoms with Crippen molar-refractivity contribution in [1.29, 1.82) is 0 Å². The summed E-state index contributed by atoms with van der Waals surface area (Å²) in [6.07, 6.45) is -15.6.